The minimum absolute atomic E-state index is 0.0359. The van der Waals surface area contributed by atoms with Crippen molar-refractivity contribution in [3.8, 4) is 0 Å². The molecule has 2 saturated carbocycles. The van der Waals surface area contributed by atoms with Crippen LogP contribution in [0, 0.1) is 41.4 Å². The Labute approximate surface area is 287 Å². The lowest BCUT2D eigenvalue weighted by molar-refractivity contribution is -0.598. The lowest BCUT2D eigenvalue weighted by Crippen LogP contribution is -2.76. The Kier molecular flexibility index (Phi) is 8.34. The van der Waals surface area contributed by atoms with Gasteiger partial charge in [0.15, 0.2) is 17.5 Å². The van der Waals surface area contributed by atoms with Crippen LogP contribution in [0.4, 0.5) is 26.3 Å². The second-order valence-electron chi connectivity index (χ2n) is 16.6. The van der Waals surface area contributed by atoms with Crippen molar-refractivity contribution in [3.05, 3.63) is 11.3 Å². The summed E-state index contributed by atoms with van der Waals surface area (Å²) in [7, 11) is 0. The fourth-order valence-electron chi connectivity index (χ4n) is 11.2. The molecule has 14 atom stereocenters. The zero-order valence-electron chi connectivity index (χ0n) is 29.1. The Bertz CT molecular complexity index is 1380. The van der Waals surface area contributed by atoms with Crippen LogP contribution in [0.25, 0.3) is 0 Å². The molecule has 10 aliphatic rings. The second-order valence-corrected chi connectivity index (χ2v) is 16.6. The topological polar surface area (TPSA) is 83.1 Å². The van der Waals surface area contributed by atoms with E-state index in [-0.39, 0.29) is 48.5 Å². The Morgan fingerprint density at radius 1 is 0.680 bits per heavy atom. The molecular weight excluding hydrogens is 678 g/mol. The molecule has 2 spiro atoms. The normalized spacial score (nSPS) is 51.4. The average molecular weight is 727 g/mol. The van der Waals surface area contributed by atoms with Crippen molar-refractivity contribution >= 4 is 0 Å². The molecule has 2 aliphatic carbocycles. The summed E-state index contributed by atoms with van der Waals surface area (Å²) in [5.41, 5.74) is -2.44. The number of rotatable bonds is 6. The summed E-state index contributed by atoms with van der Waals surface area (Å²) in [4.78, 5) is 23.5. The Morgan fingerprint density at radius 2 is 1.28 bits per heavy atom. The third-order valence-corrected chi connectivity index (χ3v) is 13.7. The minimum Gasteiger partial charge on any atom is -0.456 e. The summed E-state index contributed by atoms with van der Waals surface area (Å²) >= 11 is 0. The van der Waals surface area contributed by atoms with Crippen LogP contribution >= 0.6 is 0 Å². The molecule has 7 saturated heterocycles. The quantitative estimate of drug-likeness (QED) is 0.152. The van der Waals surface area contributed by atoms with Gasteiger partial charge in [0.25, 0.3) is 5.79 Å². The van der Waals surface area contributed by atoms with E-state index in [0.29, 0.717) is 51.4 Å². The van der Waals surface area contributed by atoms with Crippen molar-refractivity contribution in [1.82, 2.24) is 0 Å². The fraction of sp³-hybridized carbons (Fsp3) is 0.943. The van der Waals surface area contributed by atoms with Crippen LogP contribution in [0.2, 0.25) is 0 Å². The van der Waals surface area contributed by atoms with Crippen molar-refractivity contribution in [3.63, 3.8) is 0 Å². The van der Waals surface area contributed by atoms with Gasteiger partial charge in [-0.25, -0.2) is 19.6 Å². The van der Waals surface area contributed by atoms with Gasteiger partial charge in [-0.15, -0.1) is 0 Å². The van der Waals surface area contributed by atoms with Gasteiger partial charge in [-0.1, -0.05) is 20.8 Å². The highest BCUT2D eigenvalue weighted by molar-refractivity contribution is 5.28. The fourth-order valence-corrected chi connectivity index (χ4v) is 11.2. The molecule has 4 bridgehead atoms. The summed E-state index contributed by atoms with van der Waals surface area (Å²) < 4.78 is 119. The van der Waals surface area contributed by atoms with Crippen molar-refractivity contribution in [2.45, 2.75) is 159 Å². The number of unbranched alkanes of at least 4 members (excludes halogenated alkanes) is 1. The van der Waals surface area contributed by atoms with Crippen LogP contribution < -0.4 is 0 Å². The molecule has 0 aromatic carbocycles. The predicted octanol–water partition coefficient (Wildman–Crippen LogP) is 8.38. The van der Waals surface area contributed by atoms with E-state index in [1.807, 2.05) is 0 Å². The van der Waals surface area contributed by atoms with E-state index < -0.39 is 83.6 Å². The third-order valence-electron chi connectivity index (χ3n) is 13.7. The predicted molar refractivity (Wildman–Crippen MR) is 159 cm³/mol. The third kappa shape index (κ3) is 5.02. The Morgan fingerprint density at radius 3 is 1.92 bits per heavy atom. The number of hydrogen-bond donors (Lipinski definition) is 0. The number of fused-ring (bicyclic) bond motifs is 4. The molecule has 0 N–H and O–H groups in total. The van der Waals surface area contributed by atoms with Crippen LogP contribution in [0.15, 0.2) is 11.3 Å². The van der Waals surface area contributed by atoms with Gasteiger partial charge in [-0.05, 0) is 95.0 Å². The van der Waals surface area contributed by atoms with E-state index in [1.165, 1.54) is 6.92 Å². The standard InChI is InChI=1S/C35H48F6O9/c1-18-9-11-24-20(3)33(35(39,40)41,46-28-31(24)22(18)13-16-30(5,45-28)48-49-31)42-17-7-6-8-21-25-12-10-19(2)23-14-15-29(4)44-27(32(23,25)50-47-29)43-26(21)34(36,37)38/h18-20,22-25,27-28H,6-17H2,1-5H3/t18-,19-,20-,22?,23?,24+,25+,27-,28+,29-,30-,31-,32-,33-/m1/s1. The van der Waals surface area contributed by atoms with Gasteiger partial charge in [0, 0.05) is 36.5 Å². The molecule has 9 nitrogen and oxygen atoms in total. The van der Waals surface area contributed by atoms with E-state index in [0.717, 1.165) is 0 Å². The van der Waals surface area contributed by atoms with Gasteiger partial charge < -0.3 is 23.7 Å². The lowest BCUT2D eigenvalue weighted by atomic mass is 9.57. The zero-order valence-corrected chi connectivity index (χ0v) is 29.1. The minimum atomic E-state index is -4.94. The van der Waals surface area contributed by atoms with Crippen LogP contribution in [0.3, 0.4) is 0 Å². The Hall–Kier alpha value is -1.20. The first-order valence-electron chi connectivity index (χ1n) is 18.3. The number of ether oxygens (including phenoxy) is 5. The van der Waals surface area contributed by atoms with Crippen LogP contribution in [-0.2, 0) is 43.2 Å². The number of hydrogen-bond acceptors (Lipinski definition) is 9. The molecule has 8 heterocycles. The summed E-state index contributed by atoms with van der Waals surface area (Å²) in [5, 5.41) is 0. The van der Waals surface area contributed by atoms with Gasteiger partial charge in [0.05, 0.1) is 6.61 Å². The highest BCUT2D eigenvalue weighted by Crippen LogP contribution is 2.65. The van der Waals surface area contributed by atoms with E-state index in [9.17, 15) is 13.2 Å². The number of alkyl halides is 6. The molecule has 2 unspecified atom stereocenters. The monoisotopic (exact) mass is 726 g/mol. The SMILES string of the molecule is C[C@@H]1CC[C@H]2C(CCCCO[C@@]3(C(F)(F)F)O[C@@H]4O[C@@]5(C)CCC6[C@H](C)CC[C@@H]([C@H]3C)[C@]64OO5)=C(C(F)(F)F)O[C@@H]3O[C@@]4(C)CCC1[C@]32OO4. The second kappa shape index (κ2) is 11.6. The summed E-state index contributed by atoms with van der Waals surface area (Å²) in [6, 6.07) is 0. The number of allylic oxidation sites excluding steroid dienone is 1. The molecule has 15 heteroatoms. The lowest BCUT2D eigenvalue weighted by Gasteiger charge is -2.62. The molecule has 10 rings (SSSR count). The van der Waals surface area contributed by atoms with Crippen molar-refractivity contribution < 1.29 is 69.6 Å². The molecule has 0 aromatic rings. The summed E-state index contributed by atoms with van der Waals surface area (Å²) in [6.07, 6.45) is -7.94. The highest BCUT2D eigenvalue weighted by atomic mass is 19.4. The van der Waals surface area contributed by atoms with Crippen LogP contribution in [-0.4, -0.2) is 60.1 Å². The molecule has 0 amide bonds. The van der Waals surface area contributed by atoms with E-state index >= 15 is 13.2 Å². The van der Waals surface area contributed by atoms with Gasteiger partial charge in [-0.3, -0.25) is 0 Å². The van der Waals surface area contributed by atoms with Crippen LogP contribution in [0.5, 0.6) is 0 Å². The van der Waals surface area contributed by atoms with Gasteiger partial charge in [0.1, 0.15) is 0 Å². The van der Waals surface area contributed by atoms with Gasteiger partial charge >= 0.3 is 12.4 Å². The molecule has 9 fully saturated rings. The molecule has 0 radical (unpaired) electrons. The maximum absolute atomic E-state index is 15.2. The van der Waals surface area contributed by atoms with Crippen LogP contribution in [0.1, 0.15) is 105 Å². The average Bonchev–Trinajstić information content (AvgIpc) is 3.41. The first-order valence-corrected chi connectivity index (χ1v) is 18.3. The van der Waals surface area contributed by atoms with Gasteiger partial charge in [0.2, 0.25) is 23.6 Å². The number of halogens is 6. The zero-order chi connectivity index (χ0) is 35.7. The van der Waals surface area contributed by atoms with Crippen molar-refractivity contribution in [2.24, 2.45) is 41.4 Å². The highest BCUT2D eigenvalue weighted by Gasteiger charge is 2.77. The first-order chi connectivity index (χ1) is 23.4. The van der Waals surface area contributed by atoms with E-state index in [1.54, 1.807) is 13.8 Å². The van der Waals surface area contributed by atoms with E-state index in [4.69, 9.17) is 43.2 Å². The first kappa shape index (κ1) is 35.8. The van der Waals surface area contributed by atoms with E-state index in [2.05, 4.69) is 13.8 Å². The molecular formula is C35H48F6O9. The summed E-state index contributed by atoms with van der Waals surface area (Å²) in [5.74, 6) is -9.14. The Balaban J connectivity index is 1.03. The van der Waals surface area contributed by atoms with Gasteiger partial charge in [-0.2, -0.15) is 26.3 Å². The smallest absolute Gasteiger partial charge is 0.448 e. The maximum Gasteiger partial charge on any atom is 0.448 e. The summed E-state index contributed by atoms with van der Waals surface area (Å²) in [6.45, 7) is 8.47. The maximum atomic E-state index is 15.2. The molecule has 50 heavy (non-hydrogen) atoms. The molecule has 284 valence electrons. The van der Waals surface area contributed by atoms with Crippen molar-refractivity contribution in [1.29, 1.82) is 0 Å². The van der Waals surface area contributed by atoms with Crippen molar-refractivity contribution in [2.75, 3.05) is 6.61 Å². The largest absolute Gasteiger partial charge is 0.456 e. The molecule has 0 aromatic heterocycles. The molecule has 8 aliphatic heterocycles.